The number of hydrogen-bond acceptors (Lipinski definition) is 2. The van der Waals surface area contributed by atoms with E-state index in [0.29, 0.717) is 11.1 Å². The molecule has 0 bridgehead atoms. The summed E-state index contributed by atoms with van der Waals surface area (Å²) in [6.45, 7) is 0. The van der Waals surface area contributed by atoms with Crippen molar-refractivity contribution in [3.8, 4) is 6.07 Å². The summed E-state index contributed by atoms with van der Waals surface area (Å²) in [7, 11) is 1.74. The molecule has 1 aliphatic carbocycles. The number of ether oxygens (including phenoxy) is 1. The number of hydrogen-bond donors (Lipinski definition) is 0. The highest BCUT2D eigenvalue weighted by molar-refractivity contribution is 6.30. The second-order valence-corrected chi connectivity index (χ2v) is 5.08. The molecule has 0 atom stereocenters. The van der Waals surface area contributed by atoms with Crippen LogP contribution in [0.5, 0.6) is 0 Å². The molecule has 1 aromatic rings. The molecule has 0 spiro atoms. The van der Waals surface area contributed by atoms with Crippen LogP contribution in [0.2, 0.25) is 5.02 Å². The molecule has 0 radical (unpaired) electrons. The van der Waals surface area contributed by atoms with Crippen molar-refractivity contribution in [1.82, 2.24) is 0 Å². The highest BCUT2D eigenvalue weighted by atomic mass is 35.5. The highest BCUT2D eigenvalue weighted by Gasteiger charge is 2.37. The Hall–Kier alpha value is -1.04. The quantitative estimate of drug-likeness (QED) is 0.801. The van der Waals surface area contributed by atoms with Gasteiger partial charge < -0.3 is 4.74 Å². The van der Waals surface area contributed by atoms with E-state index in [1.807, 2.05) is 24.3 Å². The molecule has 0 amide bonds. The van der Waals surface area contributed by atoms with Crippen LogP contribution in [-0.2, 0) is 10.2 Å². The van der Waals surface area contributed by atoms with Gasteiger partial charge in [0.2, 0.25) is 0 Å². The van der Waals surface area contributed by atoms with Crippen molar-refractivity contribution >= 4 is 11.6 Å². The van der Waals surface area contributed by atoms with Crippen LogP contribution in [0.4, 0.5) is 0 Å². The van der Waals surface area contributed by atoms with Gasteiger partial charge in [-0.2, -0.15) is 5.26 Å². The first-order valence-electron chi connectivity index (χ1n) is 5.90. The molecular formula is C14H16ClNO. The predicted octanol–water partition coefficient (Wildman–Crippen LogP) is 3.69. The van der Waals surface area contributed by atoms with Gasteiger partial charge in [0.25, 0.3) is 0 Å². The van der Waals surface area contributed by atoms with Gasteiger partial charge in [0.05, 0.1) is 17.6 Å². The van der Waals surface area contributed by atoms with Crippen LogP contribution in [0, 0.1) is 11.3 Å². The summed E-state index contributed by atoms with van der Waals surface area (Å²) in [5.41, 5.74) is 0.668. The Morgan fingerprint density at radius 3 is 2.65 bits per heavy atom. The lowest BCUT2D eigenvalue weighted by Gasteiger charge is -2.34. The molecule has 0 unspecified atom stereocenters. The van der Waals surface area contributed by atoms with E-state index in [1.54, 1.807) is 7.11 Å². The molecule has 17 heavy (non-hydrogen) atoms. The third-order valence-electron chi connectivity index (χ3n) is 3.71. The van der Waals surface area contributed by atoms with E-state index in [-0.39, 0.29) is 5.41 Å². The zero-order chi connectivity index (χ0) is 12.3. The second-order valence-electron chi connectivity index (χ2n) is 4.64. The minimum Gasteiger partial charge on any atom is -0.381 e. The van der Waals surface area contributed by atoms with E-state index in [2.05, 4.69) is 6.07 Å². The summed E-state index contributed by atoms with van der Waals surface area (Å²) in [4.78, 5) is 0. The third-order valence-corrected chi connectivity index (χ3v) is 3.95. The highest BCUT2D eigenvalue weighted by Crippen LogP contribution is 2.40. The fourth-order valence-corrected chi connectivity index (χ4v) is 2.76. The van der Waals surface area contributed by atoms with Crippen LogP contribution in [0.3, 0.4) is 0 Å². The predicted molar refractivity (Wildman–Crippen MR) is 68.0 cm³/mol. The van der Waals surface area contributed by atoms with Crippen LogP contribution >= 0.6 is 11.6 Å². The van der Waals surface area contributed by atoms with Crippen molar-refractivity contribution in [3.05, 3.63) is 34.9 Å². The molecule has 3 heteroatoms. The van der Waals surface area contributed by atoms with E-state index in [1.165, 1.54) is 0 Å². The minimum atomic E-state index is -0.375. The van der Waals surface area contributed by atoms with Crippen molar-refractivity contribution in [2.45, 2.75) is 37.2 Å². The average Bonchev–Trinajstić information content (AvgIpc) is 2.39. The molecule has 0 aliphatic heterocycles. The normalized spacial score (nSPS) is 28.6. The summed E-state index contributed by atoms with van der Waals surface area (Å²) in [6, 6.07) is 10.2. The van der Waals surface area contributed by atoms with Gasteiger partial charge in [-0.1, -0.05) is 23.7 Å². The zero-order valence-corrected chi connectivity index (χ0v) is 10.7. The fraction of sp³-hybridized carbons (Fsp3) is 0.500. The number of benzene rings is 1. The van der Waals surface area contributed by atoms with Crippen molar-refractivity contribution in [1.29, 1.82) is 5.26 Å². The van der Waals surface area contributed by atoms with Crippen LogP contribution in [0.25, 0.3) is 0 Å². The molecule has 0 saturated heterocycles. The molecule has 0 aromatic heterocycles. The smallest absolute Gasteiger partial charge is 0.0824 e. The summed E-state index contributed by atoms with van der Waals surface area (Å²) in [6.07, 6.45) is 3.88. The third kappa shape index (κ3) is 2.46. The lowest BCUT2D eigenvalue weighted by molar-refractivity contribution is 0.0573. The largest absolute Gasteiger partial charge is 0.381 e. The van der Waals surface area contributed by atoms with Gasteiger partial charge in [-0.15, -0.1) is 0 Å². The minimum absolute atomic E-state index is 0.302. The van der Waals surface area contributed by atoms with Gasteiger partial charge in [-0.25, -0.2) is 0 Å². The molecule has 90 valence electrons. The molecule has 0 N–H and O–H groups in total. The maximum Gasteiger partial charge on any atom is 0.0824 e. The zero-order valence-electron chi connectivity index (χ0n) is 9.95. The average molecular weight is 250 g/mol. The molecule has 1 saturated carbocycles. The van der Waals surface area contributed by atoms with Gasteiger partial charge in [0.1, 0.15) is 0 Å². The van der Waals surface area contributed by atoms with Crippen molar-refractivity contribution in [3.63, 3.8) is 0 Å². The Kier molecular flexibility index (Phi) is 3.71. The number of rotatable bonds is 2. The topological polar surface area (TPSA) is 33.0 Å². The maximum absolute atomic E-state index is 9.51. The van der Waals surface area contributed by atoms with Crippen LogP contribution < -0.4 is 0 Å². The molecule has 0 heterocycles. The van der Waals surface area contributed by atoms with Crippen LogP contribution in [-0.4, -0.2) is 13.2 Å². The van der Waals surface area contributed by atoms with Gasteiger partial charge in [-0.05, 0) is 43.4 Å². The summed E-state index contributed by atoms with van der Waals surface area (Å²) in [5.74, 6) is 0. The fourth-order valence-electron chi connectivity index (χ4n) is 2.57. The molecular weight excluding hydrogens is 234 g/mol. The number of nitrogens with zero attached hydrogens (tertiary/aromatic N) is 1. The Bertz CT molecular complexity index is 430. The van der Waals surface area contributed by atoms with Gasteiger partial charge >= 0.3 is 0 Å². The molecule has 1 fully saturated rings. The van der Waals surface area contributed by atoms with Gasteiger partial charge in [0.15, 0.2) is 0 Å². The van der Waals surface area contributed by atoms with Crippen molar-refractivity contribution < 1.29 is 4.74 Å². The first kappa shape index (κ1) is 12.4. The van der Waals surface area contributed by atoms with E-state index < -0.39 is 0 Å². The number of halogens is 1. The van der Waals surface area contributed by atoms with Crippen LogP contribution in [0.15, 0.2) is 24.3 Å². The first-order chi connectivity index (χ1) is 8.20. The maximum atomic E-state index is 9.51. The monoisotopic (exact) mass is 249 g/mol. The van der Waals surface area contributed by atoms with E-state index >= 15 is 0 Å². The van der Waals surface area contributed by atoms with Crippen molar-refractivity contribution in [2.75, 3.05) is 7.11 Å². The van der Waals surface area contributed by atoms with E-state index in [9.17, 15) is 5.26 Å². The number of nitriles is 1. The lowest BCUT2D eigenvalue weighted by atomic mass is 9.70. The number of methoxy groups -OCH3 is 1. The molecule has 1 aromatic carbocycles. The standard InChI is InChI=1S/C14H16ClNO/c1-17-13-5-7-14(10-16,8-6-13)11-3-2-4-12(15)9-11/h2-4,9,13H,5-8H2,1H3/t13-,14-. The molecule has 2 rings (SSSR count). The summed E-state index contributed by atoms with van der Waals surface area (Å²) in [5, 5.41) is 10.2. The van der Waals surface area contributed by atoms with Crippen LogP contribution in [0.1, 0.15) is 31.2 Å². The Labute approximate surface area is 107 Å². The Morgan fingerprint density at radius 1 is 1.41 bits per heavy atom. The molecule has 2 nitrogen and oxygen atoms in total. The summed E-state index contributed by atoms with van der Waals surface area (Å²) >= 11 is 6.00. The first-order valence-corrected chi connectivity index (χ1v) is 6.28. The van der Waals surface area contributed by atoms with Crippen molar-refractivity contribution in [2.24, 2.45) is 0 Å². The molecule has 1 aliphatic rings. The SMILES string of the molecule is CO[C@H]1CC[C@](C#N)(c2cccc(Cl)c2)CC1. The van der Waals surface area contributed by atoms with Gasteiger partial charge in [-0.3, -0.25) is 0 Å². The lowest BCUT2D eigenvalue weighted by Crippen LogP contribution is -2.33. The van der Waals surface area contributed by atoms with E-state index in [4.69, 9.17) is 16.3 Å². The summed E-state index contributed by atoms with van der Waals surface area (Å²) < 4.78 is 5.35. The Morgan fingerprint density at radius 2 is 2.12 bits per heavy atom. The second kappa shape index (κ2) is 5.08. The van der Waals surface area contributed by atoms with Gasteiger partial charge in [0, 0.05) is 12.1 Å². The Balaban J connectivity index is 2.25. The van der Waals surface area contributed by atoms with E-state index in [0.717, 1.165) is 31.2 Å².